The number of rotatable bonds is 6. The number of aliphatic hydroxyl groups is 1. The van der Waals surface area contributed by atoms with Gasteiger partial charge in [0.15, 0.2) is 0 Å². The average molecular weight is 279 g/mol. The van der Waals surface area contributed by atoms with Gasteiger partial charge < -0.3 is 10.4 Å². The van der Waals surface area contributed by atoms with Crippen molar-refractivity contribution in [1.29, 1.82) is 0 Å². The molecule has 0 saturated heterocycles. The second kappa shape index (κ2) is 6.35. The van der Waals surface area contributed by atoms with Crippen LogP contribution < -0.4 is 5.32 Å². The Hall–Kier alpha value is -1.42. The highest BCUT2D eigenvalue weighted by Crippen LogP contribution is 2.48. The van der Waals surface area contributed by atoms with E-state index < -0.39 is 6.10 Å². The second-order valence-electron chi connectivity index (χ2n) is 6.00. The van der Waals surface area contributed by atoms with Crippen LogP contribution in [0.5, 0.6) is 0 Å². The van der Waals surface area contributed by atoms with Crippen molar-refractivity contribution in [2.75, 3.05) is 6.54 Å². The molecule has 3 unspecified atom stereocenters. The zero-order valence-corrected chi connectivity index (χ0v) is 12.0. The van der Waals surface area contributed by atoms with Gasteiger partial charge in [-0.2, -0.15) is 0 Å². The molecule has 0 bridgehead atoms. The van der Waals surface area contributed by atoms with Crippen molar-refractivity contribution in [3.8, 4) is 0 Å². The van der Waals surface area contributed by atoms with E-state index in [0.717, 1.165) is 0 Å². The van der Waals surface area contributed by atoms with E-state index in [-0.39, 0.29) is 30.1 Å². The Morgan fingerprint density at radius 3 is 2.80 bits per heavy atom. The van der Waals surface area contributed by atoms with Gasteiger partial charge in [0.25, 0.3) is 0 Å². The van der Waals surface area contributed by atoms with Gasteiger partial charge in [0.1, 0.15) is 5.82 Å². The summed E-state index contributed by atoms with van der Waals surface area (Å²) >= 11 is 0. The lowest BCUT2D eigenvalue weighted by atomic mass is 10.1. The molecule has 2 N–H and O–H groups in total. The van der Waals surface area contributed by atoms with E-state index in [1.54, 1.807) is 18.2 Å². The molecule has 1 aliphatic rings. The number of amides is 1. The maximum absolute atomic E-state index is 13.6. The minimum atomic E-state index is -0.510. The van der Waals surface area contributed by atoms with E-state index in [4.69, 9.17) is 0 Å². The maximum atomic E-state index is 13.6. The van der Waals surface area contributed by atoms with E-state index in [1.807, 2.05) is 13.8 Å². The topological polar surface area (TPSA) is 49.3 Å². The quantitative estimate of drug-likeness (QED) is 0.840. The highest BCUT2D eigenvalue weighted by Gasteiger charge is 2.45. The summed E-state index contributed by atoms with van der Waals surface area (Å²) in [6.07, 6.45) is 0.846. The fourth-order valence-electron chi connectivity index (χ4n) is 2.58. The molecule has 110 valence electrons. The zero-order valence-electron chi connectivity index (χ0n) is 12.0. The van der Waals surface area contributed by atoms with Gasteiger partial charge in [-0.05, 0) is 36.3 Å². The van der Waals surface area contributed by atoms with Gasteiger partial charge in [-0.15, -0.1) is 0 Å². The molecule has 1 saturated carbocycles. The summed E-state index contributed by atoms with van der Waals surface area (Å²) in [5.41, 5.74) is 0.621. The number of carbonyl (C=O) groups is 1. The molecule has 0 radical (unpaired) electrons. The van der Waals surface area contributed by atoms with Gasteiger partial charge in [-0.25, -0.2) is 4.39 Å². The normalized spacial score (nSPS) is 22.6. The SMILES string of the molecule is CC(C)CC(O)CNC(=O)C1CC1c1ccccc1F. The van der Waals surface area contributed by atoms with Gasteiger partial charge in [-0.3, -0.25) is 4.79 Å². The lowest BCUT2D eigenvalue weighted by molar-refractivity contribution is -0.122. The summed E-state index contributed by atoms with van der Waals surface area (Å²) in [7, 11) is 0. The van der Waals surface area contributed by atoms with Crippen LogP contribution >= 0.6 is 0 Å². The van der Waals surface area contributed by atoms with Gasteiger partial charge in [0.05, 0.1) is 6.10 Å². The van der Waals surface area contributed by atoms with E-state index in [0.29, 0.717) is 24.3 Å². The van der Waals surface area contributed by atoms with Crippen LogP contribution in [0.2, 0.25) is 0 Å². The molecule has 0 aliphatic heterocycles. The Morgan fingerprint density at radius 2 is 2.15 bits per heavy atom. The van der Waals surface area contributed by atoms with E-state index in [9.17, 15) is 14.3 Å². The number of hydrogen-bond donors (Lipinski definition) is 2. The number of benzene rings is 1. The summed E-state index contributed by atoms with van der Waals surface area (Å²) in [5, 5.41) is 12.5. The maximum Gasteiger partial charge on any atom is 0.223 e. The molecule has 0 spiro atoms. The Labute approximate surface area is 119 Å². The van der Waals surface area contributed by atoms with Gasteiger partial charge in [-0.1, -0.05) is 32.0 Å². The first-order valence-corrected chi connectivity index (χ1v) is 7.19. The molecule has 1 amide bonds. The van der Waals surface area contributed by atoms with Crippen LogP contribution in [-0.4, -0.2) is 23.7 Å². The smallest absolute Gasteiger partial charge is 0.223 e. The van der Waals surface area contributed by atoms with E-state index in [2.05, 4.69) is 5.32 Å². The number of halogens is 1. The van der Waals surface area contributed by atoms with E-state index in [1.165, 1.54) is 6.07 Å². The Balaban J connectivity index is 1.80. The summed E-state index contributed by atoms with van der Waals surface area (Å²) in [6.45, 7) is 4.33. The molecule has 2 rings (SSSR count). The van der Waals surface area contributed by atoms with Gasteiger partial charge >= 0.3 is 0 Å². The van der Waals surface area contributed by atoms with Crippen molar-refractivity contribution in [2.24, 2.45) is 11.8 Å². The van der Waals surface area contributed by atoms with Gasteiger partial charge in [0, 0.05) is 12.5 Å². The molecule has 0 heterocycles. The lowest BCUT2D eigenvalue weighted by Crippen LogP contribution is -2.34. The van der Waals surface area contributed by atoms with Crippen LogP contribution in [0.25, 0.3) is 0 Å². The third kappa shape index (κ3) is 3.79. The fraction of sp³-hybridized carbons (Fsp3) is 0.562. The number of nitrogens with one attached hydrogen (secondary N) is 1. The molecule has 1 aromatic carbocycles. The van der Waals surface area contributed by atoms with Crippen LogP contribution in [0, 0.1) is 17.7 Å². The molecular formula is C16H22FNO2. The minimum Gasteiger partial charge on any atom is -0.391 e. The zero-order chi connectivity index (χ0) is 14.7. The Morgan fingerprint density at radius 1 is 1.45 bits per heavy atom. The second-order valence-corrected chi connectivity index (χ2v) is 6.00. The fourth-order valence-corrected chi connectivity index (χ4v) is 2.58. The first-order chi connectivity index (χ1) is 9.49. The molecule has 4 heteroatoms. The molecular weight excluding hydrogens is 257 g/mol. The predicted octanol–water partition coefficient (Wildman–Crippen LogP) is 2.45. The van der Waals surface area contributed by atoms with Crippen LogP contribution in [0.1, 0.15) is 38.2 Å². The number of aliphatic hydroxyl groups excluding tert-OH is 1. The summed E-state index contributed by atoms with van der Waals surface area (Å²) in [4.78, 5) is 11.9. The predicted molar refractivity (Wildman–Crippen MR) is 75.7 cm³/mol. The minimum absolute atomic E-state index is 0.0153. The summed E-state index contributed by atoms with van der Waals surface area (Å²) in [6, 6.07) is 6.60. The molecule has 3 atom stereocenters. The highest BCUT2D eigenvalue weighted by molar-refractivity contribution is 5.82. The molecule has 1 aromatic rings. The summed E-state index contributed by atoms with van der Waals surface area (Å²) in [5.74, 6) is -0.0979. The summed E-state index contributed by atoms with van der Waals surface area (Å²) < 4.78 is 13.6. The van der Waals surface area contributed by atoms with Crippen molar-refractivity contribution in [1.82, 2.24) is 5.32 Å². The monoisotopic (exact) mass is 279 g/mol. The number of hydrogen-bond acceptors (Lipinski definition) is 2. The first-order valence-electron chi connectivity index (χ1n) is 7.19. The van der Waals surface area contributed by atoms with Crippen molar-refractivity contribution in [3.63, 3.8) is 0 Å². The molecule has 1 aliphatic carbocycles. The van der Waals surface area contributed by atoms with Crippen LogP contribution in [-0.2, 0) is 4.79 Å². The molecule has 20 heavy (non-hydrogen) atoms. The third-order valence-electron chi connectivity index (χ3n) is 3.69. The lowest BCUT2D eigenvalue weighted by Gasteiger charge is -2.13. The van der Waals surface area contributed by atoms with Crippen LogP contribution in [0.4, 0.5) is 4.39 Å². The third-order valence-corrected chi connectivity index (χ3v) is 3.69. The first kappa shape index (κ1) is 15.0. The van der Waals surface area contributed by atoms with Gasteiger partial charge in [0.2, 0.25) is 5.91 Å². The van der Waals surface area contributed by atoms with Crippen molar-refractivity contribution >= 4 is 5.91 Å². The standard InChI is InChI=1S/C16H22FNO2/c1-10(2)7-11(19)9-18-16(20)14-8-13(14)12-5-3-4-6-15(12)17/h3-6,10-11,13-14,19H,7-9H2,1-2H3,(H,18,20). The molecule has 3 nitrogen and oxygen atoms in total. The Bertz CT molecular complexity index is 475. The van der Waals surface area contributed by atoms with E-state index >= 15 is 0 Å². The molecule has 0 aromatic heterocycles. The Kier molecular flexibility index (Phi) is 4.76. The van der Waals surface area contributed by atoms with Crippen molar-refractivity contribution in [3.05, 3.63) is 35.6 Å². The largest absolute Gasteiger partial charge is 0.391 e. The number of carbonyl (C=O) groups excluding carboxylic acids is 1. The average Bonchev–Trinajstić information content (AvgIpc) is 3.16. The van der Waals surface area contributed by atoms with Crippen molar-refractivity contribution < 1.29 is 14.3 Å². The van der Waals surface area contributed by atoms with Crippen LogP contribution in [0.3, 0.4) is 0 Å². The van der Waals surface area contributed by atoms with Crippen LogP contribution in [0.15, 0.2) is 24.3 Å². The van der Waals surface area contributed by atoms with Crippen molar-refractivity contribution in [2.45, 2.75) is 38.7 Å². The molecule has 1 fully saturated rings. The highest BCUT2D eigenvalue weighted by atomic mass is 19.1.